The van der Waals surface area contributed by atoms with E-state index in [9.17, 15) is 0 Å². The molecule has 0 amide bonds. The third-order valence-corrected chi connectivity index (χ3v) is 5.52. The first-order valence-electron chi connectivity index (χ1n) is 6.81. The van der Waals surface area contributed by atoms with Crippen molar-refractivity contribution >= 4 is 43.5 Å². The van der Waals surface area contributed by atoms with E-state index < -0.39 is 0 Å². The zero-order valence-electron chi connectivity index (χ0n) is 12.3. The molecule has 0 fully saturated rings. The Bertz CT molecular complexity index is 640. The molecule has 1 unspecified atom stereocenters. The summed E-state index contributed by atoms with van der Waals surface area (Å²) in [6.45, 7) is 4.98. The summed E-state index contributed by atoms with van der Waals surface area (Å²) in [7, 11) is 1.96. The van der Waals surface area contributed by atoms with Crippen molar-refractivity contribution in [2.24, 2.45) is 0 Å². The summed E-state index contributed by atoms with van der Waals surface area (Å²) in [5, 5.41) is 8.67. The van der Waals surface area contributed by atoms with E-state index >= 15 is 0 Å². The van der Waals surface area contributed by atoms with Gasteiger partial charge in [-0.15, -0.1) is 0 Å². The van der Waals surface area contributed by atoms with Gasteiger partial charge in [-0.2, -0.15) is 5.10 Å². The second kappa shape index (κ2) is 7.27. The minimum absolute atomic E-state index is 0.163. The molecule has 0 bridgehead atoms. The monoisotopic (exact) mass is 433 g/mol. The molecule has 1 aromatic carbocycles. The van der Waals surface area contributed by atoms with Gasteiger partial charge in [-0.1, -0.05) is 27.5 Å². The molecule has 0 aliphatic rings. The fourth-order valence-corrected chi connectivity index (χ4v) is 3.56. The van der Waals surface area contributed by atoms with Crippen molar-refractivity contribution in [3.63, 3.8) is 0 Å². The Morgan fingerprint density at radius 3 is 2.71 bits per heavy atom. The standard InChI is InChI=1S/C15H18Br2ClN3/c1-4-21-14(15(17)9(2)20-21)8-13(19-3)11-7-10(18)5-6-12(11)16/h5-7,13,19H,4,8H2,1-3H3. The molecule has 2 aromatic rings. The number of halogens is 3. The van der Waals surface area contributed by atoms with Gasteiger partial charge >= 0.3 is 0 Å². The molecule has 2 rings (SSSR count). The highest BCUT2D eigenvalue weighted by molar-refractivity contribution is 9.10. The first kappa shape index (κ1) is 17.0. The molecule has 1 heterocycles. The molecule has 0 saturated carbocycles. The number of nitrogens with zero attached hydrogens (tertiary/aromatic N) is 2. The van der Waals surface area contributed by atoms with Crippen molar-refractivity contribution in [1.82, 2.24) is 15.1 Å². The van der Waals surface area contributed by atoms with Crippen molar-refractivity contribution in [2.45, 2.75) is 32.9 Å². The van der Waals surface area contributed by atoms with Crippen molar-refractivity contribution < 1.29 is 0 Å². The van der Waals surface area contributed by atoms with Crippen LogP contribution in [0.4, 0.5) is 0 Å². The quantitative estimate of drug-likeness (QED) is 0.725. The van der Waals surface area contributed by atoms with Gasteiger partial charge in [-0.3, -0.25) is 4.68 Å². The van der Waals surface area contributed by atoms with Gasteiger partial charge in [0.25, 0.3) is 0 Å². The van der Waals surface area contributed by atoms with E-state index in [2.05, 4.69) is 49.2 Å². The predicted molar refractivity (Wildman–Crippen MR) is 95.0 cm³/mol. The molecule has 0 aliphatic carbocycles. The van der Waals surface area contributed by atoms with Gasteiger partial charge in [0.05, 0.1) is 15.9 Å². The van der Waals surface area contributed by atoms with Gasteiger partial charge in [0.1, 0.15) is 0 Å². The molecule has 114 valence electrons. The van der Waals surface area contributed by atoms with E-state index in [0.29, 0.717) is 0 Å². The molecular formula is C15H18Br2ClN3. The van der Waals surface area contributed by atoms with Crippen LogP contribution >= 0.6 is 43.5 Å². The lowest BCUT2D eigenvalue weighted by atomic mass is 10.0. The zero-order chi connectivity index (χ0) is 15.6. The topological polar surface area (TPSA) is 29.9 Å². The minimum atomic E-state index is 0.163. The number of aromatic nitrogens is 2. The molecule has 0 radical (unpaired) electrons. The van der Waals surface area contributed by atoms with Crippen LogP contribution in [0, 0.1) is 6.92 Å². The highest BCUT2D eigenvalue weighted by Crippen LogP contribution is 2.31. The lowest BCUT2D eigenvalue weighted by Gasteiger charge is -2.19. The molecule has 6 heteroatoms. The summed E-state index contributed by atoms with van der Waals surface area (Å²) in [4.78, 5) is 0. The SMILES string of the molecule is CCn1nc(C)c(Br)c1CC(NC)c1cc(Cl)ccc1Br. The third-order valence-electron chi connectivity index (χ3n) is 3.53. The number of hydrogen-bond acceptors (Lipinski definition) is 2. The smallest absolute Gasteiger partial charge is 0.0738 e. The van der Waals surface area contributed by atoms with E-state index in [4.69, 9.17) is 11.6 Å². The molecule has 21 heavy (non-hydrogen) atoms. The molecule has 1 N–H and O–H groups in total. The molecule has 3 nitrogen and oxygen atoms in total. The predicted octanol–water partition coefficient (Wildman–Crippen LogP) is 4.89. The summed E-state index contributed by atoms with van der Waals surface area (Å²) >= 11 is 13.4. The largest absolute Gasteiger partial charge is 0.313 e. The first-order chi connectivity index (χ1) is 9.97. The molecule has 1 aromatic heterocycles. The number of nitrogens with one attached hydrogen (secondary N) is 1. The molecule has 0 spiro atoms. The summed E-state index contributed by atoms with van der Waals surface area (Å²) in [6, 6.07) is 6.04. The number of benzene rings is 1. The Labute approximate surface area is 147 Å². The van der Waals surface area contributed by atoms with Crippen LogP contribution in [0.1, 0.15) is 29.9 Å². The molecular weight excluding hydrogens is 417 g/mol. The average molecular weight is 436 g/mol. The number of hydrogen-bond donors (Lipinski definition) is 1. The van der Waals surface area contributed by atoms with Gasteiger partial charge in [0.15, 0.2) is 0 Å². The van der Waals surface area contributed by atoms with Gasteiger partial charge in [-0.05, 0) is 60.6 Å². The highest BCUT2D eigenvalue weighted by atomic mass is 79.9. The average Bonchev–Trinajstić information content (AvgIpc) is 2.74. The Kier molecular flexibility index (Phi) is 5.88. The number of likely N-dealkylation sites (N-methyl/N-ethyl adjacent to an activating group) is 1. The molecule has 0 saturated heterocycles. The van der Waals surface area contributed by atoms with Crippen molar-refractivity contribution in [3.8, 4) is 0 Å². The highest BCUT2D eigenvalue weighted by Gasteiger charge is 2.19. The van der Waals surface area contributed by atoms with Gasteiger partial charge < -0.3 is 5.32 Å². The van der Waals surface area contributed by atoms with Crippen molar-refractivity contribution in [3.05, 3.63) is 49.1 Å². The van der Waals surface area contributed by atoms with E-state index in [1.54, 1.807) is 0 Å². The maximum absolute atomic E-state index is 6.14. The normalized spacial score (nSPS) is 12.7. The maximum atomic E-state index is 6.14. The zero-order valence-corrected chi connectivity index (χ0v) is 16.2. The van der Waals surface area contributed by atoms with Crippen LogP contribution in [0.2, 0.25) is 5.02 Å². The van der Waals surface area contributed by atoms with Crippen molar-refractivity contribution in [1.29, 1.82) is 0 Å². The molecule has 1 atom stereocenters. The van der Waals surface area contributed by atoms with E-state index in [-0.39, 0.29) is 6.04 Å². The summed E-state index contributed by atoms with van der Waals surface area (Å²) in [5.41, 5.74) is 3.37. The lowest BCUT2D eigenvalue weighted by Crippen LogP contribution is -2.21. The Hall–Kier alpha value is -0.360. The fraction of sp³-hybridized carbons (Fsp3) is 0.400. The summed E-state index contributed by atoms with van der Waals surface area (Å²) < 4.78 is 4.19. The van der Waals surface area contributed by atoms with Crippen molar-refractivity contribution in [2.75, 3.05) is 7.05 Å². The van der Waals surface area contributed by atoms with E-state index in [0.717, 1.165) is 38.2 Å². The molecule has 0 aliphatic heterocycles. The van der Waals surface area contributed by atoms with Crippen LogP contribution in [0.5, 0.6) is 0 Å². The first-order valence-corrected chi connectivity index (χ1v) is 8.78. The second-order valence-electron chi connectivity index (χ2n) is 4.87. The number of rotatable bonds is 5. The van der Waals surface area contributed by atoms with E-state index in [1.165, 1.54) is 5.69 Å². The summed E-state index contributed by atoms with van der Waals surface area (Å²) in [6.07, 6.45) is 0.838. The fourth-order valence-electron chi connectivity index (χ4n) is 2.41. The summed E-state index contributed by atoms with van der Waals surface area (Å²) in [5.74, 6) is 0. The Balaban J connectivity index is 2.38. The van der Waals surface area contributed by atoms with E-state index in [1.807, 2.05) is 36.9 Å². The minimum Gasteiger partial charge on any atom is -0.313 e. The van der Waals surface area contributed by atoms with Crippen LogP contribution in [0.25, 0.3) is 0 Å². The van der Waals surface area contributed by atoms with Gasteiger partial charge in [-0.25, -0.2) is 0 Å². The Morgan fingerprint density at radius 2 is 2.10 bits per heavy atom. The van der Waals surface area contributed by atoms with Gasteiger partial charge in [0.2, 0.25) is 0 Å². The maximum Gasteiger partial charge on any atom is 0.0738 e. The Morgan fingerprint density at radius 1 is 1.38 bits per heavy atom. The van der Waals surface area contributed by atoms with Crippen LogP contribution in [0.3, 0.4) is 0 Å². The third kappa shape index (κ3) is 3.70. The lowest BCUT2D eigenvalue weighted by molar-refractivity contribution is 0.538. The second-order valence-corrected chi connectivity index (χ2v) is 6.96. The van der Waals surface area contributed by atoms with Crippen LogP contribution in [-0.2, 0) is 13.0 Å². The van der Waals surface area contributed by atoms with Crippen LogP contribution in [-0.4, -0.2) is 16.8 Å². The van der Waals surface area contributed by atoms with Crippen LogP contribution in [0.15, 0.2) is 27.1 Å². The van der Waals surface area contributed by atoms with Gasteiger partial charge in [0, 0.05) is 28.5 Å². The number of aryl methyl sites for hydroxylation is 2. The van der Waals surface area contributed by atoms with Crippen LogP contribution < -0.4 is 5.32 Å².